The molecule has 7 rings (SSSR count). The van der Waals surface area contributed by atoms with Crippen LogP contribution in [0.15, 0.2) is 68.6 Å². The van der Waals surface area contributed by atoms with Gasteiger partial charge in [-0.3, -0.25) is 9.59 Å². The minimum absolute atomic E-state index is 0.0830. The SMILES string of the molecule is Cc1c(Cc2ccccc2)c(=O)oc2c3c(cc(OCC(=O)NCCN4C[C@H]5C[C@@H](C4)c4cccc(=O)n4C5)c12)OC(C)(C)CC3. The molecule has 1 fully saturated rings. The standard InChI is InChI=1S/C37H41N3O6/c1-23-28(17-24-8-5-4-6-9-24)36(43)45-35-27-12-13-37(2,3)46-30(27)18-31(34(23)35)44-22-32(41)38-14-15-39-19-25-16-26(21-39)29-10-7-11-33(42)40(29)20-25/h4-11,18,25-26H,12-17,19-22H2,1-3H3,(H,38,41)/t25-,26+/m1/s1. The van der Waals surface area contributed by atoms with E-state index in [-0.39, 0.29) is 29.3 Å². The Kier molecular flexibility index (Phi) is 7.97. The van der Waals surface area contributed by atoms with Crippen LogP contribution in [0.4, 0.5) is 0 Å². The topological polar surface area (TPSA) is 103 Å². The third-order valence-electron chi connectivity index (χ3n) is 9.83. The summed E-state index contributed by atoms with van der Waals surface area (Å²) in [7, 11) is 0. The fourth-order valence-electron chi connectivity index (χ4n) is 7.53. The lowest BCUT2D eigenvalue weighted by atomic mass is 9.83. The van der Waals surface area contributed by atoms with E-state index < -0.39 is 0 Å². The summed E-state index contributed by atoms with van der Waals surface area (Å²) in [6, 6.07) is 17.2. The fraction of sp³-hybridized carbons (Fsp3) is 0.432. The van der Waals surface area contributed by atoms with E-state index in [1.165, 1.54) is 0 Å². The Hall–Kier alpha value is -4.37. The van der Waals surface area contributed by atoms with Gasteiger partial charge in [-0.25, -0.2) is 4.79 Å². The van der Waals surface area contributed by atoms with Gasteiger partial charge in [0.2, 0.25) is 0 Å². The van der Waals surface area contributed by atoms with Crippen LogP contribution in [0.1, 0.15) is 60.6 Å². The number of nitrogens with one attached hydrogen (secondary N) is 1. The lowest BCUT2D eigenvalue weighted by Gasteiger charge is -2.42. The Labute approximate surface area is 268 Å². The number of pyridine rings is 1. The highest BCUT2D eigenvalue weighted by molar-refractivity contribution is 5.92. The zero-order chi connectivity index (χ0) is 32.0. The maximum Gasteiger partial charge on any atom is 0.340 e. The van der Waals surface area contributed by atoms with E-state index in [9.17, 15) is 14.4 Å². The van der Waals surface area contributed by atoms with Crippen molar-refractivity contribution in [1.29, 1.82) is 0 Å². The van der Waals surface area contributed by atoms with E-state index in [1.807, 2.05) is 67.8 Å². The summed E-state index contributed by atoms with van der Waals surface area (Å²) in [6.45, 7) is 9.59. The summed E-state index contributed by atoms with van der Waals surface area (Å²) in [5.74, 6) is 1.64. The van der Waals surface area contributed by atoms with Gasteiger partial charge in [0.1, 0.15) is 22.7 Å². The van der Waals surface area contributed by atoms with E-state index in [4.69, 9.17) is 13.9 Å². The number of likely N-dealkylation sites (tertiary alicyclic amines) is 1. The third kappa shape index (κ3) is 5.96. The normalized spacial score (nSPS) is 20.0. The van der Waals surface area contributed by atoms with Gasteiger partial charge in [0.15, 0.2) is 6.61 Å². The van der Waals surface area contributed by atoms with Crippen molar-refractivity contribution in [3.63, 3.8) is 0 Å². The van der Waals surface area contributed by atoms with E-state index >= 15 is 0 Å². The minimum Gasteiger partial charge on any atom is -0.487 e. The Balaban J connectivity index is 1.06. The van der Waals surface area contributed by atoms with Gasteiger partial charge in [-0.15, -0.1) is 0 Å². The number of ether oxygens (including phenoxy) is 2. The minimum atomic E-state index is -0.372. The summed E-state index contributed by atoms with van der Waals surface area (Å²) in [6.07, 6.45) is 3.03. The van der Waals surface area contributed by atoms with Crippen LogP contribution in [0, 0.1) is 12.8 Å². The first kappa shape index (κ1) is 30.3. The molecule has 3 aliphatic rings. The molecule has 46 heavy (non-hydrogen) atoms. The largest absolute Gasteiger partial charge is 0.487 e. The quantitative estimate of drug-likeness (QED) is 0.287. The van der Waals surface area contributed by atoms with Crippen molar-refractivity contribution in [3.8, 4) is 11.5 Å². The van der Waals surface area contributed by atoms with Crippen molar-refractivity contribution in [2.45, 2.75) is 64.5 Å². The van der Waals surface area contributed by atoms with Gasteiger partial charge in [-0.1, -0.05) is 36.4 Å². The number of benzene rings is 2. The summed E-state index contributed by atoms with van der Waals surface area (Å²) >= 11 is 0. The highest BCUT2D eigenvalue weighted by Crippen LogP contribution is 2.43. The van der Waals surface area contributed by atoms with E-state index in [2.05, 4.69) is 16.3 Å². The highest BCUT2D eigenvalue weighted by Gasteiger charge is 2.34. The monoisotopic (exact) mass is 623 g/mol. The summed E-state index contributed by atoms with van der Waals surface area (Å²) < 4.78 is 20.4. The lowest BCUT2D eigenvalue weighted by molar-refractivity contribution is -0.123. The first-order valence-corrected chi connectivity index (χ1v) is 16.3. The van der Waals surface area contributed by atoms with Crippen LogP contribution in [0.2, 0.25) is 0 Å². The van der Waals surface area contributed by atoms with Crippen LogP contribution in [0.5, 0.6) is 11.5 Å². The van der Waals surface area contributed by atoms with Crippen LogP contribution in [-0.4, -0.2) is 53.8 Å². The fourth-order valence-corrected chi connectivity index (χ4v) is 7.53. The predicted molar refractivity (Wildman–Crippen MR) is 176 cm³/mol. The van der Waals surface area contributed by atoms with Crippen molar-refractivity contribution in [1.82, 2.24) is 14.8 Å². The van der Waals surface area contributed by atoms with Crippen LogP contribution >= 0.6 is 0 Å². The molecule has 0 aliphatic carbocycles. The number of fused-ring (bicyclic) bond motifs is 7. The zero-order valence-electron chi connectivity index (χ0n) is 26.8. The van der Waals surface area contributed by atoms with Gasteiger partial charge in [-0.05, 0) is 63.1 Å². The summed E-state index contributed by atoms with van der Waals surface area (Å²) in [5.41, 5.74) is 4.17. The second-order valence-corrected chi connectivity index (χ2v) is 13.7. The maximum absolute atomic E-state index is 13.3. The Morgan fingerprint density at radius 2 is 1.89 bits per heavy atom. The molecule has 2 aromatic carbocycles. The predicted octanol–water partition coefficient (Wildman–Crippen LogP) is 4.57. The van der Waals surface area contributed by atoms with Gasteiger partial charge < -0.3 is 28.7 Å². The molecular formula is C37H41N3O6. The molecule has 1 saturated heterocycles. The number of amides is 1. The van der Waals surface area contributed by atoms with E-state index in [0.29, 0.717) is 59.3 Å². The number of hydrogen-bond donors (Lipinski definition) is 1. The summed E-state index contributed by atoms with van der Waals surface area (Å²) in [5, 5.41) is 3.73. The number of piperidine rings is 1. The molecule has 2 bridgehead atoms. The van der Waals surface area contributed by atoms with E-state index in [0.717, 1.165) is 61.4 Å². The van der Waals surface area contributed by atoms with Crippen molar-refractivity contribution >= 4 is 16.9 Å². The molecule has 0 unspecified atom stereocenters. The number of hydrogen-bond acceptors (Lipinski definition) is 7. The number of carbonyl (C=O) groups is 1. The molecule has 2 atom stereocenters. The Bertz CT molecular complexity index is 1910. The molecule has 9 nitrogen and oxygen atoms in total. The van der Waals surface area contributed by atoms with Crippen molar-refractivity contribution in [2.24, 2.45) is 5.92 Å². The zero-order valence-corrected chi connectivity index (χ0v) is 26.8. The molecule has 1 amide bonds. The Morgan fingerprint density at radius 1 is 1.07 bits per heavy atom. The Morgan fingerprint density at radius 3 is 2.72 bits per heavy atom. The van der Waals surface area contributed by atoms with Gasteiger partial charge >= 0.3 is 5.63 Å². The number of aromatic nitrogens is 1. The third-order valence-corrected chi connectivity index (χ3v) is 9.83. The molecule has 4 aromatic rings. The number of rotatable bonds is 8. The average molecular weight is 624 g/mol. The van der Waals surface area contributed by atoms with Gasteiger partial charge in [0.25, 0.3) is 11.5 Å². The summed E-state index contributed by atoms with van der Waals surface area (Å²) in [4.78, 5) is 41.1. The van der Waals surface area contributed by atoms with Crippen LogP contribution in [0.25, 0.3) is 11.0 Å². The molecule has 5 heterocycles. The first-order valence-electron chi connectivity index (χ1n) is 16.3. The maximum atomic E-state index is 13.3. The molecule has 2 aromatic heterocycles. The first-order chi connectivity index (χ1) is 22.1. The van der Waals surface area contributed by atoms with E-state index in [1.54, 1.807) is 6.07 Å². The second-order valence-electron chi connectivity index (χ2n) is 13.7. The number of aryl methyl sites for hydroxylation is 2. The smallest absolute Gasteiger partial charge is 0.340 e. The molecular weight excluding hydrogens is 582 g/mol. The van der Waals surface area contributed by atoms with Crippen LogP contribution in [0.3, 0.4) is 0 Å². The molecule has 0 radical (unpaired) electrons. The molecule has 240 valence electrons. The van der Waals surface area contributed by atoms with Crippen LogP contribution < -0.4 is 26.0 Å². The highest BCUT2D eigenvalue weighted by atomic mass is 16.5. The molecule has 9 heteroatoms. The van der Waals surface area contributed by atoms with Gasteiger partial charge in [-0.2, -0.15) is 0 Å². The van der Waals surface area contributed by atoms with Crippen LogP contribution in [-0.2, 0) is 24.2 Å². The average Bonchev–Trinajstić information content (AvgIpc) is 3.02. The van der Waals surface area contributed by atoms with Crippen molar-refractivity contribution in [2.75, 3.05) is 32.8 Å². The molecule has 1 N–H and O–H groups in total. The van der Waals surface area contributed by atoms with Gasteiger partial charge in [0, 0.05) is 74.0 Å². The molecule has 3 aliphatic heterocycles. The van der Waals surface area contributed by atoms with Crippen molar-refractivity contribution < 1.29 is 18.7 Å². The second kappa shape index (κ2) is 12.1. The van der Waals surface area contributed by atoms with Crippen molar-refractivity contribution in [3.05, 3.63) is 103 Å². The molecule has 0 saturated carbocycles. The van der Waals surface area contributed by atoms with Gasteiger partial charge in [0.05, 0.1) is 5.39 Å². The number of carbonyl (C=O) groups excluding carboxylic acids is 1. The number of nitrogens with zero attached hydrogens (tertiary/aromatic N) is 2. The lowest BCUT2D eigenvalue weighted by Crippen LogP contribution is -2.49. The molecule has 0 spiro atoms.